The first kappa shape index (κ1) is 20.8. The van der Waals surface area contributed by atoms with E-state index >= 15 is 0 Å². The van der Waals surface area contributed by atoms with Gasteiger partial charge >= 0.3 is 6.09 Å². The van der Waals surface area contributed by atoms with Crippen LogP contribution in [0.15, 0.2) is 11.8 Å². The standard InChI is InChI=1S/C18H30N4O3/c1-6-13(2)21-16(23)14(11-19)12-20-15-7-9-22(10-8-15)17(24)25-18(3,4)5/h12-13,15,20H,6-10H2,1-5H3,(H,21,23)/b14-12-. The number of likely N-dealkylation sites (tertiary alicyclic amines) is 1. The third kappa shape index (κ3) is 7.46. The first-order valence-electron chi connectivity index (χ1n) is 8.81. The molecule has 0 spiro atoms. The molecule has 1 aliphatic rings. The highest BCUT2D eigenvalue weighted by Gasteiger charge is 2.26. The van der Waals surface area contributed by atoms with E-state index in [0.29, 0.717) is 13.1 Å². The second-order valence-electron chi connectivity index (χ2n) is 7.36. The van der Waals surface area contributed by atoms with Crippen LogP contribution in [0.25, 0.3) is 0 Å². The van der Waals surface area contributed by atoms with E-state index in [1.54, 1.807) is 4.90 Å². The molecule has 2 amide bonds. The topological polar surface area (TPSA) is 94.5 Å². The Kier molecular flexibility index (Phi) is 7.75. The van der Waals surface area contributed by atoms with Gasteiger partial charge in [-0.2, -0.15) is 5.26 Å². The van der Waals surface area contributed by atoms with E-state index in [4.69, 9.17) is 10.00 Å². The Balaban J connectivity index is 2.48. The highest BCUT2D eigenvalue weighted by molar-refractivity contribution is 5.97. The van der Waals surface area contributed by atoms with Gasteiger partial charge in [-0.25, -0.2) is 4.79 Å². The van der Waals surface area contributed by atoms with Crippen molar-refractivity contribution in [2.75, 3.05) is 13.1 Å². The summed E-state index contributed by atoms with van der Waals surface area (Å²) in [6.07, 6.45) is 3.46. The fourth-order valence-electron chi connectivity index (χ4n) is 2.31. The van der Waals surface area contributed by atoms with Crippen molar-refractivity contribution in [1.82, 2.24) is 15.5 Å². The van der Waals surface area contributed by atoms with Crippen molar-refractivity contribution in [3.05, 3.63) is 11.8 Å². The van der Waals surface area contributed by atoms with Gasteiger partial charge in [0.15, 0.2) is 0 Å². The van der Waals surface area contributed by atoms with Gasteiger partial charge < -0.3 is 20.3 Å². The lowest BCUT2D eigenvalue weighted by Crippen LogP contribution is -2.45. The fourth-order valence-corrected chi connectivity index (χ4v) is 2.31. The Labute approximate surface area is 150 Å². The predicted molar refractivity (Wildman–Crippen MR) is 95.6 cm³/mol. The van der Waals surface area contributed by atoms with Crippen LogP contribution >= 0.6 is 0 Å². The number of nitrogens with one attached hydrogen (secondary N) is 2. The third-order valence-electron chi connectivity index (χ3n) is 3.96. The molecule has 25 heavy (non-hydrogen) atoms. The van der Waals surface area contributed by atoms with Crippen molar-refractivity contribution >= 4 is 12.0 Å². The number of nitriles is 1. The van der Waals surface area contributed by atoms with Gasteiger partial charge in [-0.15, -0.1) is 0 Å². The van der Waals surface area contributed by atoms with E-state index < -0.39 is 5.60 Å². The molecule has 7 heteroatoms. The molecule has 1 fully saturated rings. The van der Waals surface area contributed by atoms with Crippen molar-refractivity contribution in [3.63, 3.8) is 0 Å². The van der Waals surface area contributed by atoms with Crippen molar-refractivity contribution < 1.29 is 14.3 Å². The summed E-state index contributed by atoms with van der Waals surface area (Å²) in [7, 11) is 0. The number of nitrogens with zero attached hydrogens (tertiary/aromatic N) is 2. The van der Waals surface area contributed by atoms with Crippen molar-refractivity contribution in [3.8, 4) is 6.07 Å². The summed E-state index contributed by atoms with van der Waals surface area (Å²) >= 11 is 0. The highest BCUT2D eigenvalue weighted by atomic mass is 16.6. The summed E-state index contributed by atoms with van der Waals surface area (Å²) in [5.41, 5.74) is -0.436. The van der Waals surface area contributed by atoms with Gasteiger partial charge in [-0.1, -0.05) is 6.92 Å². The number of hydrogen-bond donors (Lipinski definition) is 2. The average Bonchev–Trinajstić information content (AvgIpc) is 2.54. The number of carbonyl (C=O) groups excluding carboxylic acids is 2. The van der Waals surface area contributed by atoms with Crippen LogP contribution in [0.3, 0.4) is 0 Å². The number of hydrogen-bond acceptors (Lipinski definition) is 5. The van der Waals surface area contributed by atoms with Gasteiger partial charge in [0, 0.05) is 31.4 Å². The lowest BCUT2D eigenvalue weighted by molar-refractivity contribution is -0.117. The van der Waals surface area contributed by atoms with Crippen molar-refractivity contribution in [1.29, 1.82) is 5.26 Å². The van der Waals surface area contributed by atoms with E-state index in [-0.39, 0.29) is 29.7 Å². The highest BCUT2D eigenvalue weighted by Crippen LogP contribution is 2.15. The Morgan fingerprint density at radius 1 is 1.36 bits per heavy atom. The molecule has 0 bridgehead atoms. The summed E-state index contributed by atoms with van der Waals surface area (Å²) in [5.74, 6) is -0.365. The van der Waals surface area contributed by atoms with Gasteiger partial charge in [0.05, 0.1) is 0 Å². The maximum atomic E-state index is 12.0. The zero-order valence-corrected chi connectivity index (χ0v) is 15.9. The molecular weight excluding hydrogens is 320 g/mol. The Hall–Kier alpha value is -2.23. The second kappa shape index (κ2) is 9.30. The molecule has 0 saturated carbocycles. The van der Waals surface area contributed by atoms with Crippen LogP contribution in [0, 0.1) is 11.3 Å². The minimum atomic E-state index is -0.500. The lowest BCUT2D eigenvalue weighted by Gasteiger charge is -2.33. The largest absolute Gasteiger partial charge is 0.444 e. The molecule has 0 aromatic rings. The smallest absolute Gasteiger partial charge is 0.410 e. The number of ether oxygens (including phenoxy) is 1. The molecule has 0 aliphatic carbocycles. The number of carbonyl (C=O) groups is 2. The predicted octanol–water partition coefficient (Wildman–Crippen LogP) is 2.30. The number of rotatable bonds is 5. The SMILES string of the molecule is CCC(C)NC(=O)/C(C#N)=C\NC1CCN(C(=O)OC(C)(C)C)CC1. The van der Waals surface area contributed by atoms with E-state index in [1.165, 1.54) is 6.20 Å². The van der Waals surface area contributed by atoms with Gasteiger partial charge in [0.1, 0.15) is 17.2 Å². The van der Waals surface area contributed by atoms with E-state index in [9.17, 15) is 9.59 Å². The van der Waals surface area contributed by atoms with Gasteiger partial charge in [0.25, 0.3) is 5.91 Å². The number of piperidine rings is 1. The molecule has 7 nitrogen and oxygen atoms in total. The first-order valence-corrected chi connectivity index (χ1v) is 8.81. The molecular formula is C18H30N4O3. The van der Waals surface area contributed by atoms with Crippen LogP contribution in [-0.2, 0) is 9.53 Å². The number of amides is 2. The van der Waals surface area contributed by atoms with Crippen LogP contribution < -0.4 is 10.6 Å². The van der Waals surface area contributed by atoms with Crippen LogP contribution in [0.4, 0.5) is 4.79 Å². The summed E-state index contributed by atoms with van der Waals surface area (Å²) in [5, 5.41) is 15.0. The molecule has 1 atom stereocenters. The molecule has 140 valence electrons. The first-order chi connectivity index (χ1) is 11.7. The quantitative estimate of drug-likeness (QED) is 0.586. The molecule has 1 rings (SSSR count). The van der Waals surface area contributed by atoms with Gasteiger partial charge in [0.2, 0.25) is 0 Å². The van der Waals surface area contributed by atoms with Crippen LogP contribution in [0.5, 0.6) is 0 Å². The molecule has 1 unspecified atom stereocenters. The lowest BCUT2D eigenvalue weighted by atomic mass is 10.1. The maximum Gasteiger partial charge on any atom is 0.410 e. The molecule has 0 radical (unpaired) electrons. The Morgan fingerprint density at radius 2 is 1.96 bits per heavy atom. The molecule has 0 aromatic carbocycles. The fraction of sp³-hybridized carbons (Fsp3) is 0.722. The molecule has 1 saturated heterocycles. The zero-order chi connectivity index (χ0) is 19.0. The average molecular weight is 350 g/mol. The summed E-state index contributed by atoms with van der Waals surface area (Å²) in [6.45, 7) is 10.6. The van der Waals surface area contributed by atoms with Crippen LogP contribution in [-0.4, -0.2) is 47.7 Å². The Morgan fingerprint density at radius 3 is 2.44 bits per heavy atom. The molecule has 1 aliphatic heterocycles. The van der Waals surface area contributed by atoms with Crippen molar-refractivity contribution in [2.24, 2.45) is 0 Å². The van der Waals surface area contributed by atoms with Crippen molar-refractivity contribution in [2.45, 2.75) is 71.6 Å². The minimum Gasteiger partial charge on any atom is -0.444 e. The molecule has 0 aromatic heterocycles. The van der Waals surface area contributed by atoms with Gasteiger partial charge in [-0.05, 0) is 47.0 Å². The van der Waals surface area contributed by atoms with E-state index in [2.05, 4.69) is 10.6 Å². The van der Waals surface area contributed by atoms with E-state index in [1.807, 2.05) is 40.7 Å². The minimum absolute atomic E-state index is 0.0290. The van der Waals surface area contributed by atoms with Gasteiger partial charge in [-0.3, -0.25) is 4.79 Å². The second-order valence-corrected chi connectivity index (χ2v) is 7.36. The Bertz CT molecular complexity index is 538. The summed E-state index contributed by atoms with van der Waals surface area (Å²) in [4.78, 5) is 25.7. The molecule has 2 N–H and O–H groups in total. The summed E-state index contributed by atoms with van der Waals surface area (Å²) in [6, 6.07) is 2.08. The summed E-state index contributed by atoms with van der Waals surface area (Å²) < 4.78 is 5.37. The molecule has 1 heterocycles. The third-order valence-corrected chi connectivity index (χ3v) is 3.96. The zero-order valence-electron chi connectivity index (χ0n) is 15.9. The van der Waals surface area contributed by atoms with Crippen LogP contribution in [0.2, 0.25) is 0 Å². The monoisotopic (exact) mass is 350 g/mol. The van der Waals surface area contributed by atoms with Crippen LogP contribution in [0.1, 0.15) is 53.9 Å². The maximum absolute atomic E-state index is 12.0. The van der Waals surface area contributed by atoms with E-state index in [0.717, 1.165) is 19.3 Å². The normalized spacial score (nSPS) is 17.4.